The molecule has 7 heteroatoms. The average Bonchev–Trinajstić information content (AvgIpc) is 2.51. The summed E-state index contributed by atoms with van der Waals surface area (Å²) in [7, 11) is 0. The molecule has 0 aliphatic carbocycles. The fraction of sp³-hybridized carbons (Fsp3) is 0.200. The van der Waals surface area contributed by atoms with E-state index < -0.39 is 22.9 Å². The number of aromatic nitrogens is 1. The van der Waals surface area contributed by atoms with Crippen LogP contribution >= 0.6 is 38.5 Å². The summed E-state index contributed by atoms with van der Waals surface area (Å²) in [6.07, 6.45) is 1.66. The van der Waals surface area contributed by atoms with Gasteiger partial charge < -0.3 is 0 Å². The molecular formula is C15H14BrFI2N3-. The molecule has 2 aromatic rings. The standard InChI is InChI=1S/C15H14BrFI2N3/c1-9-13(16)7-12(8-21-9)22-14(20)10-4-3-5-11(6-10)15(17,18)19-2/h3-8H,1-2H3,(H2,20,22)/q-1. The SMILES string of the molecule is C[I-]C(F)(I)c1cccc(C(N)=Nc2cnc(C)c(Br)c2)c1. The van der Waals surface area contributed by atoms with E-state index in [1.54, 1.807) is 18.3 Å². The van der Waals surface area contributed by atoms with Crippen molar-refractivity contribution >= 4 is 50.0 Å². The molecule has 1 heterocycles. The molecule has 3 nitrogen and oxygen atoms in total. The van der Waals surface area contributed by atoms with Crippen molar-refractivity contribution in [3.05, 3.63) is 57.8 Å². The van der Waals surface area contributed by atoms with Gasteiger partial charge in [-0.05, 0) is 0 Å². The number of nitrogens with two attached hydrogens (primary N) is 1. The summed E-state index contributed by atoms with van der Waals surface area (Å²) >= 11 is 4.70. The first-order valence-corrected chi connectivity index (χ1v) is 11.4. The fourth-order valence-corrected chi connectivity index (χ4v) is 3.36. The molecule has 0 saturated heterocycles. The third-order valence-corrected chi connectivity index (χ3v) is 9.12. The van der Waals surface area contributed by atoms with Crippen LogP contribution in [0.5, 0.6) is 0 Å². The fourth-order valence-electron chi connectivity index (χ4n) is 1.72. The van der Waals surface area contributed by atoms with Crippen molar-refractivity contribution in [2.75, 3.05) is 4.93 Å². The number of hydrogen-bond acceptors (Lipinski definition) is 2. The molecular weight excluding hydrogens is 575 g/mol. The van der Waals surface area contributed by atoms with Gasteiger partial charge in [0.15, 0.2) is 0 Å². The summed E-state index contributed by atoms with van der Waals surface area (Å²) in [4.78, 5) is 10.5. The molecule has 0 bridgehead atoms. The molecule has 0 spiro atoms. The molecule has 0 saturated carbocycles. The second-order valence-electron chi connectivity index (χ2n) is 4.53. The third kappa shape index (κ3) is 4.38. The monoisotopic (exact) mass is 588 g/mol. The third-order valence-electron chi connectivity index (χ3n) is 2.98. The zero-order valence-electron chi connectivity index (χ0n) is 11.9. The van der Waals surface area contributed by atoms with Crippen LogP contribution < -0.4 is 26.9 Å². The molecule has 22 heavy (non-hydrogen) atoms. The van der Waals surface area contributed by atoms with E-state index in [1.807, 2.05) is 52.6 Å². The summed E-state index contributed by atoms with van der Waals surface area (Å²) in [6, 6.07) is 9.05. The number of benzene rings is 1. The maximum atomic E-state index is 14.5. The Balaban J connectivity index is 2.36. The first-order valence-electron chi connectivity index (χ1n) is 6.29. The van der Waals surface area contributed by atoms with Crippen LogP contribution in [-0.2, 0) is 1.68 Å². The van der Waals surface area contributed by atoms with E-state index in [2.05, 4.69) is 25.9 Å². The molecule has 1 aromatic carbocycles. The van der Waals surface area contributed by atoms with E-state index >= 15 is 0 Å². The van der Waals surface area contributed by atoms with Crippen LogP contribution in [0.4, 0.5) is 10.1 Å². The Labute approximate surface area is 161 Å². The average molecular weight is 589 g/mol. The number of hydrogen-bond donors (Lipinski definition) is 1. The summed E-state index contributed by atoms with van der Waals surface area (Å²) in [5, 5.41) is 0. The van der Waals surface area contributed by atoms with E-state index in [9.17, 15) is 4.39 Å². The van der Waals surface area contributed by atoms with Crippen molar-refractivity contribution in [1.29, 1.82) is 0 Å². The Hall–Kier alpha value is -0.290. The van der Waals surface area contributed by atoms with Crippen LogP contribution in [0, 0.1) is 6.92 Å². The van der Waals surface area contributed by atoms with Crippen molar-refractivity contribution < 1.29 is 25.6 Å². The predicted octanol–water partition coefficient (Wildman–Crippen LogP) is 1.42. The number of aliphatic imine (C=N–C) groups is 1. The first-order chi connectivity index (χ1) is 10.3. The van der Waals surface area contributed by atoms with Gasteiger partial charge in [0.25, 0.3) is 0 Å². The molecule has 0 aliphatic heterocycles. The van der Waals surface area contributed by atoms with Crippen molar-refractivity contribution in [1.82, 2.24) is 4.98 Å². The van der Waals surface area contributed by atoms with Crippen LogP contribution in [0.2, 0.25) is 0 Å². The van der Waals surface area contributed by atoms with Gasteiger partial charge in [-0.15, -0.1) is 0 Å². The number of aryl methyl sites for hydroxylation is 1. The second kappa shape index (κ2) is 7.52. The molecule has 1 unspecified atom stereocenters. The van der Waals surface area contributed by atoms with Crippen molar-refractivity contribution in [2.45, 2.75) is 8.61 Å². The number of nitrogens with zero attached hydrogens (tertiary/aromatic N) is 2. The predicted molar refractivity (Wildman–Crippen MR) is 96.2 cm³/mol. The Morgan fingerprint density at radius 3 is 2.82 bits per heavy atom. The van der Waals surface area contributed by atoms with Crippen LogP contribution in [0.15, 0.2) is 46.0 Å². The molecule has 1 atom stereocenters. The molecule has 2 rings (SSSR count). The zero-order chi connectivity index (χ0) is 16.3. The Morgan fingerprint density at radius 1 is 1.45 bits per heavy atom. The molecule has 0 fully saturated rings. The van der Waals surface area contributed by atoms with Gasteiger partial charge in [0.2, 0.25) is 0 Å². The minimum absolute atomic E-state index is 0.348. The molecule has 0 amide bonds. The van der Waals surface area contributed by atoms with Gasteiger partial charge in [0, 0.05) is 0 Å². The van der Waals surface area contributed by atoms with Gasteiger partial charge in [0.05, 0.1) is 0 Å². The Morgan fingerprint density at radius 2 is 2.18 bits per heavy atom. The molecule has 0 radical (unpaired) electrons. The molecule has 0 aliphatic rings. The van der Waals surface area contributed by atoms with Gasteiger partial charge in [-0.1, -0.05) is 0 Å². The van der Waals surface area contributed by atoms with Crippen LogP contribution in [0.1, 0.15) is 16.8 Å². The molecule has 2 N–H and O–H groups in total. The van der Waals surface area contributed by atoms with Crippen molar-refractivity contribution in [3.63, 3.8) is 0 Å². The van der Waals surface area contributed by atoms with E-state index in [0.717, 1.165) is 10.2 Å². The van der Waals surface area contributed by atoms with Gasteiger partial charge in [-0.25, -0.2) is 0 Å². The minimum atomic E-state index is -1.29. The number of amidine groups is 1. The van der Waals surface area contributed by atoms with Gasteiger partial charge in [0.1, 0.15) is 0 Å². The zero-order valence-corrected chi connectivity index (χ0v) is 17.8. The summed E-state index contributed by atoms with van der Waals surface area (Å²) < 4.78 is 14.0. The molecule has 118 valence electrons. The number of halogens is 4. The van der Waals surface area contributed by atoms with Gasteiger partial charge >= 0.3 is 163 Å². The number of rotatable bonds is 4. The van der Waals surface area contributed by atoms with Gasteiger partial charge in [-0.2, -0.15) is 0 Å². The number of pyridine rings is 1. The summed E-state index contributed by atoms with van der Waals surface area (Å²) in [5.74, 6) is 0.348. The van der Waals surface area contributed by atoms with Gasteiger partial charge in [-0.3, -0.25) is 0 Å². The van der Waals surface area contributed by atoms with E-state index in [-0.39, 0.29) is 0 Å². The summed E-state index contributed by atoms with van der Waals surface area (Å²) in [5.41, 5.74) is 8.96. The van der Waals surface area contributed by atoms with E-state index in [1.165, 1.54) is 0 Å². The summed E-state index contributed by atoms with van der Waals surface area (Å²) in [6.45, 7) is 1.90. The Kier molecular flexibility index (Phi) is 6.17. The normalized spacial score (nSPS) is 14.9. The topological polar surface area (TPSA) is 51.3 Å². The van der Waals surface area contributed by atoms with E-state index in [4.69, 9.17) is 5.73 Å². The Bertz CT molecular complexity index is 720. The second-order valence-corrected chi connectivity index (χ2v) is 11.5. The van der Waals surface area contributed by atoms with E-state index in [0.29, 0.717) is 22.6 Å². The van der Waals surface area contributed by atoms with Crippen molar-refractivity contribution in [3.8, 4) is 0 Å². The maximum absolute atomic E-state index is 14.5. The van der Waals surface area contributed by atoms with Crippen LogP contribution in [-0.4, -0.2) is 15.8 Å². The quantitative estimate of drug-likeness (QED) is 0.254. The van der Waals surface area contributed by atoms with Crippen LogP contribution in [0.3, 0.4) is 0 Å². The van der Waals surface area contributed by atoms with Crippen molar-refractivity contribution in [2.24, 2.45) is 10.7 Å². The first kappa shape index (κ1) is 18.1. The number of alkyl halides is 4. The molecule has 1 aromatic heterocycles. The van der Waals surface area contributed by atoms with Crippen LogP contribution in [0.25, 0.3) is 0 Å².